The summed E-state index contributed by atoms with van der Waals surface area (Å²) in [5.74, 6) is 0. The summed E-state index contributed by atoms with van der Waals surface area (Å²) in [6.07, 6.45) is 5.58. The largest absolute Gasteiger partial charge is 0.394 e. The molecule has 1 aliphatic rings. The Kier molecular flexibility index (Phi) is 3.38. The lowest BCUT2D eigenvalue weighted by Gasteiger charge is -2.40. The SMILES string of the molecule is Cc1cc(=O)cc(C)n1C1(CO)CCCCC1. The van der Waals surface area contributed by atoms with E-state index in [-0.39, 0.29) is 17.6 Å². The summed E-state index contributed by atoms with van der Waals surface area (Å²) >= 11 is 0. The van der Waals surface area contributed by atoms with E-state index in [4.69, 9.17) is 0 Å². The number of nitrogens with zero attached hydrogens (tertiary/aromatic N) is 1. The molecule has 1 aliphatic carbocycles. The van der Waals surface area contributed by atoms with Gasteiger partial charge in [0.15, 0.2) is 5.43 Å². The molecule has 0 unspecified atom stereocenters. The van der Waals surface area contributed by atoms with Crippen LogP contribution in [0.25, 0.3) is 0 Å². The number of aromatic nitrogens is 1. The fraction of sp³-hybridized carbons (Fsp3) is 0.643. The number of pyridine rings is 1. The van der Waals surface area contributed by atoms with E-state index in [1.807, 2.05) is 13.8 Å². The lowest BCUT2D eigenvalue weighted by molar-refractivity contribution is 0.0863. The molecule has 3 heteroatoms. The summed E-state index contributed by atoms with van der Waals surface area (Å²) < 4.78 is 2.17. The fourth-order valence-electron chi connectivity index (χ4n) is 3.27. The van der Waals surface area contributed by atoms with Gasteiger partial charge in [0.25, 0.3) is 0 Å². The molecule has 17 heavy (non-hydrogen) atoms. The quantitative estimate of drug-likeness (QED) is 0.853. The van der Waals surface area contributed by atoms with Crippen molar-refractivity contribution in [1.29, 1.82) is 0 Å². The molecule has 0 saturated heterocycles. The van der Waals surface area contributed by atoms with Crippen LogP contribution >= 0.6 is 0 Å². The van der Waals surface area contributed by atoms with E-state index < -0.39 is 0 Å². The van der Waals surface area contributed by atoms with Gasteiger partial charge in [-0.2, -0.15) is 0 Å². The number of aliphatic hydroxyl groups excluding tert-OH is 1. The van der Waals surface area contributed by atoms with Crippen LogP contribution in [0.1, 0.15) is 43.5 Å². The van der Waals surface area contributed by atoms with Gasteiger partial charge in [-0.25, -0.2) is 0 Å². The molecule has 3 nitrogen and oxygen atoms in total. The molecule has 0 aromatic carbocycles. The van der Waals surface area contributed by atoms with Gasteiger partial charge in [0, 0.05) is 23.5 Å². The highest BCUT2D eigenvalue weighted by Crippen LogP contribution is 2.36. The molecule has 0 aliphatic heterocycles. The average Bonchev–Trinajstić information content (AvgIpc) is 2.28. The summed E-state index contributed by atoms with van der Waals surface area (Å²) in [6, 6.07) is 3.33. The second kappa shape index (κ2) is 4.65. The topological polar surface area (TPSA) is 42.2 Å². The van der Waals surface area contributed by atoms with E-state index in [2.05, 4.69) is 4.57 Å². The Balaban J connectivity index is 2.53. The van der Waals surface area contributed by atoms with Crippen molar-refractivity contribution in [1.82, 2.24) is 4.57 Å². The van der Waals surface area contributed by atoms with Crippen molar-refractivity contribution >= 4 is 0 Å². The predicted octanol–water partition coefficient (Wildman–Crippen LogP) is 2.12. The van der Waals surface area contributed by atoms with Crippen molar-refractivity contribution in [3.63, 3.8) is 0 Å². The summed E-state index contributed by atoms with van der Waals surface area (Å²) in [5.41, 5.74) is 1.80. The number of hydrogen-bond donors (Lipinski definition) is 1. The zero-order valence-corrected chi connectivity index (χ0v) is 10.7. The molecular weight excluding hydrogens is 214 g/mol. The lowest BCUT2D eigenvalue weighted by atomic mass is 9.81. The van der Waals surface area contributed by atoms with Crippen LogP contribution in [0.5, 0.6) is 0 Å². The zero-order chi connectivity index (χ0) is 12.5. The molecule has 0 bridgehead atoms. The maximum atomic E-state index is 11.5. The number of aliphatic hydroxyl groups is 1. The van der Waals surface area contributed by atoms with E-state index in [0.717, 1.165) is 37.1 Å². The van der Waals surface area contributed by atoms with Crippen LogP contribution in [0.3, 0.4) is 0 Å². The Bertz CT molecular complexity index is 430. The average molecular weight is 235 g/mol. The monoisotopic (exact) mass is 235 g/mol. The first-order valence-electron chi connectivity index (χ1n) is 6.41. The maximum Gasteiger partial charge on any atom is 0.182 e. The Morgan fingerprint density at radius 1 is 1.18 bits per heavy atom. The normalized spacial score (nSPS) is 19.2. The standard InChI is InChI=1S/C14H21NO2/c1-11-8-13(17)9-12(2)15(11)14(10-16)6-4-3-5-7-14/h8-9,16H,3-7,10H2,1-2H3. The van der Waals surface area contributed by atoms with E-state index in [9.17, 15) is 9.90 Å². The minimum absolute atomic E-state index is 0.0557. The first-order valence-corrected chi connectivity index (χ1v) is 6.41. The van der Waals surface area contributed by atoms with Crippen LogP contribution in [0.2, 0.25) is 0 Å². The molecule has 0 atom stereocenters. The van der Waals surface area contributed by atoms with Crippen LogP contribution < -0.4 is 5.43 Å². The molecule has 1 heterocycles. The second-order valence-corrected chi connectivity index (χ2v) is 5.25. The van der Waals surface area contributed by atoms with Crippen molar-refractivity contribution in [2.75, 3.05) is 6.61 Å². The Morgan fingerprint density at radius 3 is 2.18 bits per heavy atom. The van der Waals surface area contributed by atoms with E-state index in [1.165, 1.54) is 6.42 Å². The molecule has 94 valence electrons. The lowest BCUT2D eigenvalue weighted by Crippen LogP contribution is -2.42. The molecule has 1 aromatic rings. The smallest absolute Gasteiger partial charge is 0.182 e. The van der Waals surface area contributed by atoms with Crippen molar-refractivity contribution in [2.45, 2.75) is 51.5 Å². The van der Waals surface area contributed by atoms with Gasteiger partial charge in [-0.1, -0.05) is 19.3 Å². The fourth-order valence-corrected chi connectivity index (χ4v) is 3.27. The number of hydrogen-bond acceptors (Lipinski definition) is 2. The van der Waals surface area contributed by atoms with Crippen LogP contribution in [-0.4, -0.2) is 16.3 Å². The van der Waals surface area contributed by atoms with E-state index in [0.29, 0.717) is 0 Å². The molecular formula is C14H21NO2. The van der Waals surface area contributed by atoms with Gasteiger partial charge in [-0.05, 0) is 26.7 Å². The molecule has 1 fully saturated rings. The van der Waals surface area contributed by atoms with E-state index >= 15 is 0 Å². The minimum Gasteiger partial charge on any atom is -0.394 e. The summed E-state index contributed by atoms with van der Waals surface area (Å²) in [7, 11) is 0. The third-order valence-corrected chi connectivity index (χ3v) is 3.96. The highest BCUT2D eigenvalue weighted by Gasteiger charge is 2.34. The molecule has 0 spiro atoms. The summed E-state index contributed by atoms with van der Waals surface area (Å²) in [5, 5.41) is 9.81. The van der Waals surface area contributed by atoms with Gasteiger partial charge in [0.2, 0.25) is 0 Å². The third-order valence-electron chi connectivity index (χ3n) is 3.96. The summed E-state index contributed by atoms with van der Waals surface area (Å²) in [6.45, 7) is 4.08. The minimum atomic E-state index is -0.180. The molecule has 1 aromatic heterocycles. The summed E-state index contributed by atoms with van der Waals surface area (Å²) in [4.78, 5) is 11.5. The van der Waals surface area contributed by atoms with Gasteiger partial charge >= 0.3 is 0 Å². The zero-order valence-electron chi connectivity index (χ0n) is 10.7. The molecule has 1 N–H and O–H groups in total. The third kappa shape index (κ3) is 2.16. The van der Waals surface area contributed by atoms with Gasteiger partial charge in [-0.15, -0.1) is 0 Å². The molecule has 1 saturated carbocycles. The van der Waals surface area contributed by atoms with Crippen molar-refractivity contribution < 1.29 is 5.11 Å². The van der Waals surface area contributed by atoms with E-state index in [1.54, 1.807) is 12.1 Å². The highest BCUT2D eigenvalue weighted by molar-refractivity contribution is 5.16. The molecule has 0 radical (unpaired) electrons. The Hall–Kier alpha value is -1.09. The first kappa shape index (κ1) is 12.4. The van der Waals surface area contributed by atoms with Gasteiger partial charge < -0.3 is 9.67 Å². The molecule has 2 rings (SSSR count). The Morgan fingerprint density at radius 2 is 1.71 bits per heavy atom. The van der Waals surface area contributed by atoms with Crippen LogP contribution in [0, 0.1) is 13.8 Å². The number of aryl methyl sites for hydroxylation is 2. The number of rotatable bonds is 2. The van der Waals surface area contributed by atoms with Crippen molar-refractivity contribution in [3.05, 3.63) is 33.7 Å². The van der Waals surface area contributed by atoms with Crippen molar-refractivity contribution in [3.8, 4) is 0 Å². The predicted molar refractivity (Wildman–Crippen MR) is 68.3 cm³/mol. The van der Waals surface area contributed by atoms with Gasteiger partial charge in [0.1, 0.15) is 0 Å². The van der Waals surface area contributed by atoms with Crippen LogP contribution in [-0.2, 0) is 5.54 Å². The van der Waals surface area contributed by atoms with Crippen LogP contribution in [0.4, 0.5) is 0 Å². The second-order valence-electron chi connectivity index (χ2n) is 5.25. The van der Waals surface area contributed by atoms with Crippen LogP contribution in [0.15, 0.2) is 16.9 Å². The van der Waals surface area contributed by atoms with Gasteiger partial charge in [0.05, 0.1) is 12.1 Å². The highest BCUT2D eigenvalue weighted by atomic mass is 16.3. The maximum absolute atomic E-state index is 11.5. The van der Waals surface area contributed by atoms with Gasteiger partial charge in [-0.3, -0.25) is 4.79 Å². The molecule has 0 amide bonds. The Labute approximate surface area is 102 Å². The first-order chi connectivity index (χ1) is 8.09. The van der Waals surface area contributed by atoms with Crippen molar-refractivity contribution in [2.24, 2.45) is 0 Å².